The first-order valence-corrected chi connectivity index (χ1v) is 33.0. The van der Waals surface area contributed by atoms with Gasteiger partial charge in [-0.3, -0.25) is 0 Å². The van der Waals surface area contributed by atoms with Gasteiger partial charge < -0.3 is 29.1 Å². The van der Waals surface area contributed by atoms with Gasteiger partial charge in [-0.1, -0.05) is 204 Å². The lowest BCUT2D eigenvalue weighted by molar-refractivity contribution is 0.632. The molecule has 0 saturated heterocycles. The van der Waals surface area contributed by atoms with Crippen molar-refractivity contribution in [2.24, 2.45) is 0 Å². The number of fused-ring (bicyclic) bond motifs is 21. The molecular weight excluding hydrogens is 1130 g/mol. The molecule has 0 atom stereocenters. The summed E-state index contributed by atoms with van der Waals surface area (Å²) < 4.78 is 2.62. The SMILES string of the molecule is CC1(C)c2ccccc2N(c2ccccc2)c2cc3c(cc21)B1c2ccccc2N(c2ccccc2)c2ccc4c(c21)N3c1cccc2c1B4c1ccc3c4c1N2c1cc2c(cc1B4c1cccc4c5ccccc5n-3c14)C(C)(C)c1ccccc1N2c1ccccc1. The van der Waals surface area contributed by atoms with Crippen LogP contribution in [0.1, 0.15) is 49.9 Å². The largest absolute Gasteiger partial charge is 0.312 e. The van der Waals surface area contributed by atoms with Gasteiger partial charge in [-0.2, -0.15) is 0 Å². The van der Waals surface area contributed by atoms with E-state index in [0.717, 1.165) is 17.1 Å². The molecule has 0 N–H and O–H groups in total. The van der Waals surface area contributed by atoms with Crippen molar-refractivity contribution in [1.29, 1.82) is 0 Å². The molecule has 0 bridgehead atoms. The van der Waals surface area contributed by atoms with Crippen LogP contribution in [0.25, 0.3) is 27.5 Å². The number of para-hydroxylation sites is 8. The molecule has 9 heterocycles. The van der Waals surface area contributed by atoms with E-state index in [2.05, 4.69) is 330 Å². The Morgan fingerprint density at radius 3 is 1.24 bits per heavy atom. The number of rotatable bonds is 3. The molecule has 0 spiro atoms. The molecule has 93 heavy (non-hydrogen) atoms. The first kappa shape index (κ1) is 50.6. The molecule has 9 heteroatoms. The van der Waals surface area contributed by atoms with Crippen molar-refractivity contribution in [3.8, 4) is 5.69 Å². The van der Waals surface area contributed by atoms with E-state index >= 15 is 0 Å². The zero-order valence-electron chi connectivity index (χ0n) is 51.9. The third-order valence-electron chi connectivity index (χ3n) is 22.8. The minimum absolute atomic E-state index is 0.0582. The quantitative estimate of drug-likeness (QED) is 0.164. The molecule has 0 amide bonds. The zero-order valence-corrected chi connectivity index (χ0v) is 51.9. The Labute approximate surface area is 541 Å². The van der Waals surface area contributed by atoms with E-state index in [9.17, 15) is 0 Å². The number of benzene rings is 13. The lowest BCUT2D eigenvalue weighted by Gasteiger charge is -2.52. The summed E-state index contributed by atoms with van der Waals surface area (Å²) in [5.41, 5.74) is 38.8. The fourth-order valence-electron chi connectivity index (χ4n) is 19.1. The van der Waals surface area contributed by atoms with Crippen molar-refractivity contribution in [2.45, 2.75) is 38.5 Å². The topological polar surface area (TPSA) is 21.1 Å². The van der Waals surface area contributed by atoms with Crippen molar-refractivity contribution in [3.63, 3.8) is 0 Å². The van der Waals surface area contributed by atoms with Gasteiger partial charge in [-0.05, 0) is 168 Å². The molecular formula is C84H57B3N6. The van der Waals surface area contributed by atoms with E-state index in [0.29, 0.717) is 0 Å². The second kappa shape index (κ2) is 17.5. The van der Waals surface area contributed by atoms with Gasteiger partial charge in [0.1, 0.15) is 0 Å². The van der Waals surface area contributed by atoms with Gasteiger partial charge in [0, 0.05) is 95.4 Å². The van der Waals surface area contributed by atoms with Crippen molar-refractivity contribution in [2.75, 3.05) is 24.5 Å². The van der Waals surface area contributed by atoms with E-state index < -0.39 is 0 Å². The van der Waals surface area contributed by atoms with Crippen LogP contribution in [0.15, 0.2) is 273 Å². The fraction of sp³-hybridized carbons (Fsp3) is 0.0714. The minimum Gasteiger partial charge on any atom is -0.312 e. The Bertz CT molecular complexity index is 5720. The number of hydrogen-bond donors (Lipinski definition) is 0. The van der Waals surface area contributed by atoms with Gasteiger partial charge in [-0.15, -0.1) is 0 Å². The van der Waals surface area contributed by atoms with Crippen molar-refractivity contribution < 1.29 is 0 Å². The van der Waals surface area contributed by atoms with Gasteiger partial charge in [0.05, 0.1) is 28.3 Å². The van der Waals surface area contributed by atoms with Crippen LogP contribution in [-0.4, -0.2) is 24.7 Å². The molecule has 13 aromatic carbocycles. The number of hydrogen-bond acceptors (Lipinski definition) is 5. The van der Waals surface area contributed by atoms with Gasteiger partial charge in [0.15, 0.2) is 0 Å². The van der Waals surface area contributed by atoms with E-state index in [1.807, 2.05) is 0 Å². The predicted octanol–water partition coefficient (Wildman–Crippen LogP) is 14.8. The molecule has 8 aliphatic rings. The van der Waals surface area contributed by atoms with Gasteiger partial charge in [0.25, 0.3) is 20.1 Å². The average molecular weight is 1180 g/mol. The second-order valence-electron chi connectivity index (χ2n) is 27.9. The zero-order chi connectivity index (χ0) is 61.1. The van der Waals surface area contributed by atoms with Crippen LogP contribution < -0.4 is 73.7 Å². The summed E-state index contributed by atoms with van der Waals surface area (Å²) in [7, 11) is 0. The molecule has 8 aliphatic heterocycles. The van der Waals surface area contributed by atoms with E-state index in [1.165, 1.54) is 167 Å². The van der Waals surface area contributed by atoms with E-state index in [1.54, 1.807) is 0 Å². The lowest BCUT2D eigenvalue weighted by Crippen LogP contribution is -2.70. The molecule has 0 fully saturated rings. The first-order chi connectivity index (χ1) is 45.7. The summed E-state index contributed by atoms with van der Waals surface area (Å²) in [6, 6.07) is 105. The molecule has 0 unspecified atom stereocenters. The van der Waals surface area contributed by atoms with Crippen LogP contribution in [0.4, 0.5) is 85.3 Å². The maximum absolute atomic E-state index is 2.75. The van der Waals surface area contributed by atoms with Crippen LogP contribution in [-0.2, 0) is 10.8 Å². The Balaban J connectivity index is 0.871. The number of anilines is 15. The average Bonchev–Trinajstić information content (AvgIpc) is 1.40. The van der Waals surface area contributed by atoms with Gasteiger partial charge in [-0.25, -0.2) is 0 Å². The second-order valence-corrected chi connectivity index (χ2v) is 27.9. The van der Waals surface area contributed by atoms with Crippen LogP contribution in [0.3, 0.4) is 0 Å². The molecule has 0 radical (unpaired) electrons. The number of nitrogens with zero attached hydrogens (tertiary/aromatic N) is 6. The van der Waals surface area contributed by atoms with Crippen LogP contribution >= 0.6 is 0 Å². The van der Waals surface area contributed by atoms with Crippen LogP contribution in [0, 0.1) is 0 Å². The monoisotopic (exact) mass is 1180 g/mol. The normalized spacial score (nSPS) is 15.7. The molecule has 0 saturated carbocycles. The highest BCUT2D eigenvalue weighted by Crippen LogP contribution is 2.58. The molecule has 14 aromatic rings. The van der Waals surface area contributed by atoms with E-state index in [4.69, 9.17) is 0 Å². The fourth-order valence-corrected chi connectivity index (χ4v) is 19.1. The Hall–Kier alpha value is -11.1. The van der Waals surface area contributed by atoms with E-state index in [-0.39, 0.29) is 31.0 Å². The standard InChI is InChI=1S/C84H57B3N6/c1-83(2)55-32-15-19-37-66(55)88(50-24-8-5-9-25-50)73-48-75-63(46-57(73)83)85-59-34-17-21-39-68(59)90(52-28-12-7-13-29-52)71-44-42-61-81(78(71)85)92(75)69-40-23-41-70-77(69)86(61)62-43-45-72-79-82(62)93(70)76-49-74-58(84(3,4)56-33-16-20-38-67(56)89(74)51-26-10-6-11-27-51)47-64(76)87(79)60-35-22-31-54-53-30-14-18-36-65(53)91(72)80(54)60/h5-49H,1-4H3. The number of aromatic nitrogens is 1. The summed E-state index contributed by atoms with van der Waals surface area (Å²) >= 11 is 0. The van der Waals surface area contributed by atoms with Crippen molar-refractivity contribution >= 4 is 176 Å². The summed E-state index contributed by atoms with van der Waals surface area (Å²) in [6.07, 6.45) is 0. The summed E-state index contributed by atoms with van der Waals surface area (Å²) in [6.45, 7) is 9.54. The first-order valence-electron chi connectivity index (χ1n) is 33.0. The molecule has 432 valence electrons. The Morgan fingerprint density at radius 2 is 0.656 bits per heavy atom. The lowest BCUT2D eigenvalue weighted by atomic mass is 9.27. The van der Waals surface area contributed by atoms with Gasteiger partial charge >= 0.3 is 0 Å². The Kier molecular flexibility index (Phi) is 9.50. The van der Waals surface area contributed by atoms with Gasteiger partial charge in [0.2, 0.25) is 0 Å². The predicted molar refractivity (Wildman–Crippen MR) is 392 cm³/mol. The maximum atomic E-state index is 2.75. The maximum Gasteiger partial charge on any atom is 0.252 e. The Morgan fingerprint density at radius 1 is 0.247 bits per heavy atom. The third-order valence-corrected chi connectivity index (χ3v) is 22.8. The smallest absolute Gasteiger partial charge is 0.252 e. The highest BCUT2D eigenvalue weighted by atomic mass is 15.2. The minimum atomic E-state index is -0.325. The molecule has 1 aromatic heterocycles. The molecule has 22 rings (SSSR count). The molecule has 6 nitrogen and oxygen atoms in total. The highest BCUT2D eigenvalue weighted by Gasteiger charge is 2.55. The summed E-state index contributed by atoms with van der Waals surface area (Å²) in [5, 5.41) is 2.59. The summed E-state index contributed by atoms with van der Waals surface area (Å²) in [4.78, 5) is 13.1. The van der Waals surface area contributed by atoms with Crippen LogP contribution in [0.5, 0.6) is 0 Å². The summed E-state index contributed by atoms with van der Waals surface area (Å²) in [5.74, 6) is 0. The highest BCUT2D eigenvalue weighted by molar-refractivity contribution is 7.06. The van der Waals surface area contributed by atoms with Crippen LogP contribution in [0.2, 0.25) is 0 Å². The molecule has 0 aliphatic carbocycles. The third kappa shape index (κ3) is 6.11. The van der Waals surface area contributed by atoms with Crippen molar-refractivity contribution in [1.82, 2.24) is 4.57 Å². The van der Waals surface area contributed by atoms with Crippen molar-refractivity contribution in [3.05, 3.63) is 295 Å².